The standard InChI is InChI=1S/C24H27N3O4/c1-30-21-11-9-20(10-12-21)26-24(29)27(18-22-8-5-17-31-22)16-14-23(28)25-15-13-19-6-3-2-4-7-19/h2-12,17H,13-16,18H2,1H3,(H,25,28)(H,26,29). The summed E-state index contributed by atoms with van der Waals surface area (Å²) in [4.78, 5) is 26.7. The first-order chi connectivity index (χ1) is 15.1. The third-order valence-corrected chi connectivity index (χ3v) is 4.74. The summed E-state index contributed by atoms with van der Waals surface area (Å²) in [7, 11) is 1.59. The van der Waals surface area contributed by atoms with E-state index in [0.717, 1.165) is 6.42 Å². The molecule has 2 aromatic carbocycles. The van der Waals surface area contributed by atoms with Gasteiger partial charge in [0.15, 0.2) is 0 Å². The quantitative estimate of drug-likeness (QED) is 0.517. The van der Waals surface area contributed by atoms with Gasteiger partial charge < -0.3 is 24.7 Å². The van der Waals surface area contributed by atoms with Gasteiger partial charge in [-0.3, -0.25) is 4.79 Å². The number of amides is 3. The van der Waals surface area contributed by atoms with Gasteiger partial charge in [-0.25, -0.2) is 4.79 Å². The summed E-state index contributed by atoms with van der Waals surface area (Å²) in [5.41, 5.74) is 1.81. The molecule has 0 aliphatic carbocycles. The van der Waals surface area contributed by atoms with Crippen molar-refractivity contribution in [2.45, 2.75) is 19.4 Å². The van der Waals surface area contributed by atoms with Crippen molar-refractivity contribution in [3.63, 3.8) is 0 Å². The number of rotatable bonds is 10. The number of urea groups is 1. The lowest BCUT2D eigenvalue weighted by molar-refractivity contribution is -0.121. The van der Waals surface area contributed by atoms with E-state index in [9.17, 15) is 9.59 Å². The van der Waals surface area contributed by atoms with Gasteiger partial charge in [0.1, 0.15) is 11.5 Å². The molecule has 1 aromatic heterocycles. The number of methoxy groups -OCH3 is 1. The van der Waals surface area contributed by atoms with Gasteiger partial charge in [-0.05, 0) is 48.4 Å². The van der Waals surface area contributed by atoms with Gasteiger partial charge in [0.2, 0.25) is 5.91 Å². The minimum absolute atomic E-state index is 0.0994. The molecule has 0 spiro atoms. The molecule has 162 valence electrons. The van der Waals surface area contributed by atoms with Crippen LogP contribution in [-0.2, 0) is 17.8 Å². The second-order valence-corrected chi connectivity index (χ2v) is 7.00. The normalized spacial score (nSPS) is 10.4. The molecule has 0 fully saturated rings. The van der Waals surface area contributed by atoms with E-state index in [1.807, 2.05) is 30.3 Å². The number of benzene rings is 2. The Bertz CT molecular complexity index is 941. The van der Waals surface area contributed by atoms with Gasteiger partial charge in [0.25, 0.3) is 0 Å². The molecule has 2 N–H and O–H groups in total. The van der Waals surface area contributed by atoms with E-state index in [0.29, 0.717) is 23.7 Å². The lowest BCUT2D eigenvalue weighted by Gasteiger charge is -2.22. The van der Waals surface area contributed by atoms with Crippen LogP contribution < -0.4 is 15.4 Å². The van der Waals surface area contributed by atoms with Gasteiger partial charge in [0.05, 0.1) is 19.9 Å². The second kappa shape index (κ2) is 11.4. The van der Waals surface area contributed by atoms with Crippen molar-refractivity contribution >= 4 is 17.6 Å². The van der Waals surface area contributed by atoms with Crippen LogP contribution in [0.2, 0.25) is 0 Å². The largest absolute Gasteiger partial charge is 0.497 e. The maximum atomic E-state index is 12.8. The number of hydrogen-bond acceptors (Lipinski definition) is 4. The van der Waals surface area contributed by atoms with Crippen LogP contribution in [0.3, 0.4) is 0 Å². The topological polar surface area (TPSA) is 83.8 Å². The molecule has 0 saturated heterocycles. The van der Waals surface area contributed by atoms with Gasteiger partial charge >= 0.3 is 6.03 Å². The zero-order valence-corrected chi connectivity index (χ0v) is 17.5. The number of nitrogens with one attached hydrogen (secondary N) is 2. The van der Waals surface area contributed by atoms with Gasteiger partial charge in [-0.1, -0.05) is 30.3 Å². The molecule has 0 atom stereocenters. The monoisotopic (exact) mass is 421 g/mol. The predicted molar refractivity (Wildman–Crippen MR) is 119 cm³/mol. The highest BCUT2D eigenvalue weighted by Crippen LogP contribution is 2.16. The van der Waals surface area contributed by atoms with Crippen LogP contribution in [-0.4, -0.2) is 37.0 Å². The summed E-state index contributed by atoms with van der Waals surface area (Å²) in [6.45, 7) is 1.09. The van der Waals surface area contributed by atoms with E-state index in [1.165, 1.54) is 5.56 Å². The van der Waals surface area contributed by atoms with Crippen molar-refractivity contribution in [3.05, 3.63) is 84.3 Å². The maximum absolute atomic E-state index is 12.8. The molecule has 0 aliphatic heterocycles. The van der Waals surface area contributed by atoms with Crippen LogP contribution >= 0.6 is 0 Å². The van der Waals surface area contributed by atoms with Crippen LogP contribution in [0.4, 0.5) is 10.5 Å². The fourth-order valence-electron chi connectivity index (χ4n) is 3.04. The molecule has 0 unspecified atom stereocenters. The highest BCUT2D eigenvalue weighted by molar-refractivity contribution is 5.89. The summed E-state index contributed by atoms with van der Waals surface area (Å²) in [5, 5.41) is 5.76. The van der Waals surface area contributed by atoms with Crippen molar-refractivity contribution < 1.29 is 18.7 Å². The van der Waals surface area contributed by atoms with E-state index in [2.05, 4.69) is 10.6 Å². The number of nitrogens with zero attached hydrogens (tertiary/aromatic N) is 1. The fraction of sp³-hybridized carbons (Fsp3) is 0.250. The van der Waals surface area contributed by atoms with Crippen molar-refractivity contribution in [1.82, 2.24) is 10.2 Å². The van der Waals surface area contributed by atoms with Crippen LogP contribution in [0.1, 0.15) is 17.7 Å². The SMILES string of the molecule is COc1ccc(NC(=O)N(CCC(=O)NCCc2ccccc2)Cc2ccco2)cc1. The Morgan fingerprint density at radius 2 is 1.77 bits per heavy atom. The van der Waals surface area contributed by atoms with Crippen LogP contribution in [0.15, 0.2) is 77.4 Å². The van der Waals surface area contributed by atoms with E-state index in [4.69, 9.17) is 9.15 Å². The van der Waals surface area contributed by atoms with Gasteiger partial charge in [0, 0.05) is 25.2 Å². The second-order valence-electron chi connectivity index (χ2n) is 7.00. The molecule has 3 rings (SSSR count). The lowest BCUT2D eigenvalue weighted by atomic mass is 10.1. The van der Waals surface area contributed by atoms with E-state index < -0.39 is 0 Å². The summed E-state index contributed by atoms with van der Waals surface area (Å²) < 4.78 is 10.5. The smallest absolute Gasteiger partial charge is 0.322 e. The third-order valence-electron chi connectivity index (χ3n) is 4.74. The van der Waals surface area contributed by atoms with E-state index in [-0.39, 0.29) is 31.4 Å². The highest BCUT2D eigenvalue weighted by atomic mass is 16.5. The molecule has 0 saturated carbocycles. The van der Waals surface area contributed by atoms with Crippen LogP contribution in [0, 0.1) is 0 Å². The van der Waals surface area contributed by atoms with Crippen molar-refractivity contribution in [1.29, 1.82) is 0 Å². The zero-order chi connectivity index (χ0) is 21.9. The van der Waals surface area contributed by atoms with Gasteiger partial charge in [-0.15, -0.1) is 0 Å². The molecule has 3 aromatic rings. The van der Waals surface area contributed by atoms with Crippen LogP contribution in [0.5, 0.6) is 5.75 Å². The summed E-state index contributed by atoms with van der Waals surface area (Å²) >= 11 is 0. The minimum Gasteiger partial charge on any atom is -0.497 e. The Kier molecular flexibility index (Phi) is 8.11. The molecule has 7 heteroatoms. The number of anilines is 1. The average Bonchev–Trinajstić information content (AvgIpc) is 3.31. The van der Waals surface area contributed by atoms with E-state index in [1.54, 1.807) is 54.7 Å². The highest BCUT2D eigenvalue weighted by Gasteiger charge is 2.17. The fourth-order valence-corrected chi connectivity index (χ4v) is 3.04. The Labute approximate surface area is 182 Å². The number of furan rings is 1. The molecule has 0 radical (unpaired) electrons. The molecule has 3 amide bonds. The summed E-state index contributed by atoms with van der Waals surface area (Å²) in [5.74, 6) is 1.25. The lowest BCUT2D eigenvalue weighted by Crippen LogP contribution is -2.37. The van der Waals surface area contributed by atoms with Crippen molar-refractivity contribution in [2.75, 3.05) is 25.5 Å². The Morgan fingerprint density at radius 1 is 1.00 bits per heavy atom. The Balaban J connectivity index is 1.52. The zero-order valence-electron chi connectivity index (χ0n) is 17.5. The molecule has 0 aliphatic rings. The molecule has 7 nitrogen and oxygen atoms in total. The van der Waals surface area contributed by atoms with Crippen molar-refractivity contribution in [2.24, 2.45) is 0 Å². The number of carbonyl (C=O) groups is 2. The summed E-state index contributed by atoms with van der Waals surface area (Å²) in [6.07, 6.45) is 2.53. The predicted octanol–water partition coefficient (Wildman–Crippen LogP) is 4.07. The van der Waals surface area contributed by atoms with Crippen molar-refractivity contribution in [3.8, 4) is 5.75 Å². The minimum atomic E-state index is -0.307. The first-order valence-electron chi connectivity index (χ1n) is 10.2. The van der Waals surface area contributed by atoms with E-state index >= 15 is 0 Å². The van der Waals surface area contributed by atoms with Gasteiger partial charge in [-0.2, -0.15) is 0 Å². The Hall–Kier alpha value is -3.74. The number of carbonyl (C=O) groups excluding carboxylic acids is 2. The molecule has 31 heavy (non-hydrogen) atoms. The third kappa shape index (κ3) is 7.22. The molecular formula is C24H27N3O4. The first kappa shape index (κ1) is 22.0. The summed E-state index contributed by atoms with van der Waals surface area (Å²) in [6, 6.07) is 20.3. The molecule has 0 bridgehead atoms. The average molecular weight is 421 g/mol. The maximum Gasteiger partial charge on any atom is 0.322 e. The molecular weight excluding hydrogens is 394 g/mol. The number of ether oxygens (including phenoxy) is 1. The molecule has 1 heterocycles. The first-order valence-corrected chi connectivity index (χ1v) is 10.2. The Morgan fingerprint density at radius 3 is 2.45 bits per heavy atom. The number of hydrogen-bond donors (Lipinski definition) is 2. The van der Waals surface area contributed by atoms with Crippen LogP contribution in [0.25, 0.3) is 0 Å².